The van der Waals surface area contributed by atoms with Crippen LogP contribution in [0.1, 0.15) is 30.1 Å². The minimum atomic E-state index is -0.554. The summed E-state index contributed by atoms with van der Waals surface area (Å²) in [6.45, 7) is 1.94. The van der Waals surface area contributed by atoms with Crippen molar-refractivity contribution >= 4 is 5.91 Å². The van der Waals surface area contributed by atoms with Gasteiger partial charge in [-0.2, -0.15) is 0 Å². The van der Waals surface area contributed by atoms with Gasteiger partial charge in [-0.3, -0.25) is 4.79 Å². The highest BCUT2D eigenvalue weighted by molar-refractivity contribution is 5.97. The van der Waals surface area contributed by atoms with Gasteiger partial charge in [0, 0.05) is 11.6 Å². The van der Waals surface area contributed by atoms with Crippen LogP contribution in [-0.2, 0) is 0 Å². The fraction of sp³-hybridized carbons (Fsp3) is 0.364. The standard InChI is InChI=1S/C11H12FNO2/c1-11(4-5-11)13-10(15)8-3-2-7(12)6-9(8)14/h2-3,6,14H,4-5H2,1H3,(H,13,15). The van der Waals surface area contributed by atoms with Crippen molar-refractivity contribution < 1.29 is 14.3 Å². The molecule has 2 N–H and O–H groups in total. The third-order valence-corrected chi connectivity index (χ3v) is 2.62. The predicted octanol–water partition coefficient (Wildman–Crippen LogP) is 1.81. The summed E-state index contributed by atoms with van der Waals surface area (Å²) in [5, 5.41) is 12.2. The van der Waals surface area contributed by atoms with Crippen LogP contribution in [0.5, 0.6) is 5.75 Å². The van der Waals surface area contributed by atoms with E-state index in [2.05, 4.69) is 5.32 Å². The van der Waals surface area contributed by atoms with Crippen LogP contribution in [0, 0.1) is 5.82 Å². The topological polar surface area (TPSA) is 49.3 Å². The summed E-state index contributed by atoms with van der Waals surface area (Å²) in [6, 6.07) is 3.37. The first-order valence-electron chi connectivity index (χ1n) is 4.81. The van der Waals surface area contributed by atoms with Crippen LogP contribution in [0.4, 0.5) is 4.39 Å². The number of rotatable bonds is 2. The molecule has 0 atom stereocenters. The summed E-state index contributed by atoms with van der Waals surface area (Å²) in [6.07, 6.45) is 1.89. The maximum Gasteiger partial charge on any atom is 0.255 e. The fourth-order valence-electron chi connectivity index (χ4n) is 1.35. The second-order valence-corrected chi connectivity index (χ2v) is 4.18. The van der Waals surface area contributed by atoms with Crippen LogP contribution in [0.15, 0.2) is 18.2 Å². The molecule has 1 aliphatic carbocycles. The van der Waals surface area contributed by atoms with Gasteiger partial charge < -0.3 is 10.4 Å². The smallest absolute Gasteiger partial charge is 0.255 e. The first kappa shape index (κ1) is 9.96. The average Bonchev–Trinajstić information content (AvgIpc) is 2.82. The van der Waals surface area contributed by atoms with Crippen LogP contribution in [0.25, 0.3) is 0 Å². The monoisotopic (exact) mass is 209 g/mol. The lowest BCUT2D eigenvalue weighted by molar-refractivity contribution is 0.0932. The van der Waals surface area contributed by atoms with Gasteiger partial charge in [-0.25, -0.2) is 4.39 Å². The molecule has 80 valence electrons. The Bertz CT molecular complexity index is 413. The molecule has 1 aromatic rings. The van der Waals surface area contributed by atoms with E-state index in [0.29, 0.717) is 0 Å². The Morgan fingerprint density at radius 2 is 2.20 bits per heavy atom. The minimum Gasteiger partial charge on any atom is -0.507 e. The van der Waals surface area contributed by atoms with Crippen molar-refractivity contribution in [2.24, 2.45) is 0 Å². The van der Waals surface area contributed by atoms with E-state index in [1.54, 1.807) is 0 Å². The number of phenolic OH excluding ortho intramolecular Hbond substituents is 1. The molecule has 0 aliphatic heterocycles. The number of nitrogens with one attached hydrogen (secondary N) is 1. The van der Waals surface area contributed by atoms with Crippen LogP contribution >= 0.6 is 0 Å². The number of phenols is 1. The minimum absolute atomic E-state index is 0.115. The lowest BCUT2D eigenvalue weighted by Crippen LogP contribution is -2.34. The second-order valence-electron chi connectivity index (χ2n) is 4.18. The number of halogens is 1. The Labute approximate surface area is 86.9 Å². The van der Waals surface area contributed by atoms with Gasteiger partial charge in [0.2, 0.25) is 0 Å². The summed E-state index contributed by atoms with van der Waals surface area (Å²) in [5.41, 5.74) is -0.0257. The Kier molecular flexibility index (Phi) is 2.14. The van der Waals surface area contributed by atoms with Crippen molar-refractivity contribution in [1.82, 2.24) is 5.32 Å². The summed E-state index contributed by atoms with van der Waals surface area (Å²) < 4.78 is 12.7. The van der Waals surface area contributed by atoms with E-state index in [-0.39, 0.29) is 22.8 Å². The summed E-state index contributed by atoms with van der Waals surface area (Å²) in [4.78, 5) is 11.6. The van der Waals surface area contributed by atoms with Gasteiger partial charge in [-0.1, -0.05) is 0 Å². The molecule has 0 heterocycles. The van der Waals surface area contributed by atoms with E-state index < -0.39 is 5.82 Å². The van der Waals surface area contributed by atoms with E-state index >= 15 is 0 Å². The normalized spacial score (nSPS) is 17.2. The number of carbonyl (C=O) groups is 1. The van der Waals surface area contributed by atoms with Crippen molar-refractivity contribution in [3.8, 4) is 5.75 Å². The van der Waals surface area contributed by atoms with Gasteiger partial charge in [-0.15, -0.1) is 0 Å². The van der Waals surface area contributed by atoms with Gasteiger partial charge in [0.15, 0.2) is 0 Å². The largest absolute Gasteiger partial charge is 0.507 e. The van der Waals surface area contributed by atoms with Crippen LogP contribution in [-0.4, -0.2) is 16.6 Å². The van der Waals surface area contributed by atoms with Crippen molar-refractivity contribution in [3.63, 3.8) is 0 Å². The Hall–Kier alpha value is -1.58. The zero-order chi connectivity index (χ0) is 11.1. The number of carbonyl (C=O) groups excluding carboxylic acids is 1. The van der Waals surface area contributed by atoms with Gasteiger partial charge in [0.1, 0.15) is 11.6 Å². The Morgan fingerprint density at radius 3 is 2.73 bits per heavy atom. The van der Waals surface area contributed by atoms with Gasteiger partial charge in [0.05, 0.1) is 5.56 Å². The first-order chi connectivity index (χ1) is 7.00. The molecule has 0 radical (unpaired) electrons. The molecule has 1 saturated carbocycles. The molecular weight excluding hydrogens is 197 g/mol. The highest BCUT2D eigenvalue weighted by atomic mass is 19.1. The molecule has 0 bridgehead atoms. The van der Waals surface area contributed by atoms with E-state index in [1.807, 2.05) is 6.92 Å². The molecule has 3 nitrogen and oxygen atoms in total. The van der Waals surface area contributed by atoms with Crippen LogP contribution in [0.2, 0.25) is 0 Å². The molecule has 4 heteroatoms. The highest BCUT2D eigenvalue weighted by Gasteiger charge is 2.39. The summed E-state index contributed by atoms with van der Waals surface area (Å²) >= 11 is 0. The number of amides is 1. The van der Waals surface area contributed by atoms with Gasteiger partial charge in [0.25, 0.3) is 5.91 Å². The van der Waals surface area contributed by atoms with Gasteiger partial charge in [-0.05, 0) is 31.9 Å². The molecule has 1 aliphatic rings. The lowest BCUT2D eigenvalue weighted by atomic mass is 10.1. The molecule has 15 heavy (non-hydrogen) atoms. The Morgan fingerprint density at radius 1 is 1.53 bits per heavy atom. The fourth-order valence-corrected chi connectivity index (χ4v) is 1.35. The summed E-state index contributed by atoms with van der Waals surface area (Å²) in [5.74, 6) is -1.23. The van der Waals surface area contributed by atoms with Crippen molar-refractivity contribution in [3.05, 3.63) is 29.6 Å². The molecule has 0 aromatic heterocycles. The summed E-state index contributed by atoms with van der Waals surface area (Å²) in [7, 11) is 0. The van der Waals surface area contributed by atoms with E-state index in [4.69, 9.17) is 0 Å². The average molecular weight is 209 g/mol. The Balaban J connectivity index is 2.18. The number of benzene rings is 1. The van der Waals surface area contributed by atoms with Crippen LogP contribution in [0.3, 0.4) is 0 Å². The molecule has 1 amide bonds. The van der Waals surface area contributed by atoms with E-state index in [0.717, 1.165) is 25.0 Å². The van der Waals surface area contributed by atoms with Crippen molar-refractivity contribution in [2.75, 3.05) is 0 Å². The third-order valence-electron chi connectivity index (χ3n) is 2.62. The first-order valence-corrected chi connectivity index (χ1v) is 4.81. The molecule has 1 aromatic carbocycles. The zero-order valence-corrected chi connectivity index (χ0v) is 8.38. The maximum atomic E-state index is 12.7. The molecule has 2 rings (SSSR count). The zero-order valence-electron chi connectivity index (χ0n) is 8.38. The quantitative estimate of drug-likeness (QED) is 0.780. The lowest BCUT2D eigenvalue weighted by Gasteiger charge is -2.12. The molecule has 0 spiro atoms. The van der Waals surface area contributed by atoms with Gasteiger partial charge >= 0.3 is 0 Å². The van der Waals surface area contributed by atoms with Crippen LogP contribution < -0.4 is 5.32 Å². The SMILES string of the molecule is CC1(NC(=O)c2ccc(F)cc2O)CC1. The highest BCUT2D eigenvalue weighted by Crippen LogP contribution is 2.35. The molecule has 0 unspecified atom stereocenters. The number of hydrogen-bond donors (Lipinski definition) is 2. The third kappa shape index (κ3) is 2.09. The number of hydrogen-bond acceptors (Lipinski definition) is 2. The maximum absolute atomic E-state index is 12.7. The van der Waals surface area contributed by atoms with E-state index in [1.165, 1.54) is 6.07 Å². The van der Waals surface area contributed by atoms with Crippen molar-refractivity contribution in [1.29, 1.82) is 0 Å². The van der Waals surface area contributed by atoms with E-state index in [9.17, 15) is 14.3 Å². The molecular formula is C11H12FNO2. The van der Waals surface area contributed by atoms with Crippen molar-refractivity contribution in [2.45, 2.75) is 25.3 Å². The molecule has 0 saturated heterocycles. The second kappa shape index (κ2) is 3.22. The molecule has 1 fully saturated rings. The number of aromatic hydroxyl groups is 1. The predicted molar refractivity (Wildman–Crippen MR) is 53.2 cm³/mol.